The van der Waals surface area contributed by atoms with Gasteiger partial charge in [-0.25, -0.2) is 0 Å². The topological polar surface area (TPSA) is 49.7 Å². The molecule has 1 heterocycles. The normalized spacial score (nSPS) is 57.8. The van der Waals surface area contributed by atoms with Gasteiger partial charge in [-0.3, -0.25) is 0 Å². The standard InChI is InChI=1S/C22H34O3/c1-20-9-5-15(23)13-14(20)3-4-16-17(20)6-10-21(2)18(16)7-11-22(21)12-8-19(24)25-22/h13,15-19,23-24H,3-12H2,1-2H3/t15-,16+,17-,18-,19-,20-,21-,22+/m0/s1. The molecule has 0 aromatic heterocycles. The first-order valence-corrected chi connectivity index (χ1v) is 10.6. The maximum Gasteiger partial charge on any atom is 0.155 e. The lowest BCUT2D eigenvalue weighted by Crippen LogP contribution is -2.54. The van der Waals surface area contributed by atoms with Crippen LogP contribution in [0, 0.1) is 28.6 Å². The number of fused-ring (bicyclic) bond motifs is 6. The predicted octanol–water partition coefficient (Wildman–Crippen LogP) is 4.18. The molecule has 0 aromatic rings. The zero-order valence-electron chi connectivity index (χ0n) is 15.8. The van der Waals surface area contributed by atoms with Gasteiger partial charge < -0.3 is 14.9 Å². The summed E-state index contributed by atoms with van der Waals surface area (Å²) < 4.78 is 6.22. The Hall–Kier alpha value is -0.380. The molecule has 25 heavy (non-hydrogen) atoms. The van der Waals surface area contributed by atoms with Gasteiger partial charge in [-0.2, -0.15) is 0 Å². The van der Waals surface area contributed by atoms with Crippen molar-refractivity contribution in [3.63, 3.8) is 0 Å². The van der Waals surface area contributed by atoms with E-state index in [0.717, 1.165) is 49.9 Å². The van der Waals surface area contributed by atoms with E-state index < -0.39 is 6.29 Å². The molecule has 0 unspecified atom stereocenters. The lowest BCUT2D eigenvalue weighted by Gasteiger charge is -2.59. The van der Waals surface area contributed by atoms with Gasteiger partial charge in [0.25, 0.3) is 0 Å². The van der Waals surface area contributed by atoms with Crippen LogP contribution in [0.25, 0.3) is 0 Å². The molecule has 140 valence electrons. The molecule has 8 atom stereocenters. The molecular weight excluding hydrogens is 312 g/mol. The van der Waals surface area contributed by atoms with Crippen molar-refractivity contribution in [2.45, 2.75) is 96.1 Å². The van der Waals surface area contributed by atoms with E-state index >= 15 is 0 Å². The van der Waals surface area contributed by atoms with Crippen molar-refractivity contribution in [3.8, 4) is 0 Å². The van der Waals surface area contributed by atoms with Crippen LogP contribution in [-0.4, -0.2) is 28.2 Å². The molecule has 3 saturated carbocycles. The van der Waals surface area contributed by atoms with Crippen LogP contribution in [0.4, 0.5) is 0 Å². The Morgan fingerprint density at radius 3 is 2.44 bits per heavy atom. The minimum Gasteiger partial charge on any atom is -0.389 e. The van der Waals surface area contributed by atoms with Crippen LogP contribution < -0.4 is 0 Å². The molecule has 0 aromatic carbocycles. The quantitative estimate of drug-likeness (QED) is 0.647. The van der Waals surface area contributed by atoms with E-state index in [-0.39, 0.29) is 17.1 Å². The summed E-state index contributed by atoms with van der Waals surface area (Å²) in [5.74, 6) is 2.33. The Balaban J connectivity index is 1.47. The monoisotopic (exact) mass is 346 g/mol. The van der Waals surface area contributed by atoms with Gasteiger partial charge in [-0.05, 0) is 86.4 Å². The number of aliphatic hydroxyl groups is 2. The zero-order chi connectivity index (χ0) is 17.4. The summed E-state index contributed by atoms with van der Waals surface area (Å²) in [5, 5.41) is 20.2. The zero-order valence-corrected chi connectivity index (χ0v) is 15.8. The molecule has 5 aliphatic rings. The molecule has 4 fully saturated rings. The fourth-order valence-corrected chi connectivity index (χ4v) is 8.14. The summed E-state index contributed by atoms with van der Waals surface area (Å²) in [7, 11) is 0. The molecular formula is C22H34O3. The Bertz CT molecular complexity index is 600. The van der Waals surface area contributed by atoms with Crippen LogP contribution in [0.1, 0.15) is 78.1 Å². The van der Waals surface area contributed by atoms with Crippen LogP contribution >= 0.6 is 0 Å². The maximum absolute atomic E-state index is 10.1. The van der Waals surface area contributed by atoms with Crippen LogP contribution in [0.15, 0.2) is 11.6 Å². The van der Waals surface area contributed by atoms with Gasteiger partial charge in [-0.15, -0.1) is 0 Å². The van der Waals surface area contributed by atoms with E-state index in [9.17, 15) is 10.2 Å². The third kappa shape index (κ3) is 2.09. The average molecular weight is 347 g/mol. The SMILES string of the molecule is C[C@]12CC[C@H](O)C=C1CC[C@@H]1[C@@H]2CC[C@@]2(C)[C@H]1CC[C@@]21CC[C@@H](O)O1. The Morgan fingerprint density at radius 2 is 1.68 bits per heavy atom. The van der Waals surface area contributed by atoms with Crippen molar-refractivity contribution in [2.24, 2.45) is 28.6 Å². The van der Waals surface area contributed by atoms with Crippen LogP contribution in [0.5, 0.6) is 0 Å². The van der Waals surface area contributed by atoms with Gasteiger partial charge in [0, 0.05) is 6.42 Å². The van der Waals surface area contributed by atoms with Crippen molar-refractivity contribution < 1.29 is 14.9 Å². The summed E-state index contributed by atoms with van der Waals surface area (Å²) in [4.78, 5) is 0. The number of ether oxygens (including phenoxy) is 1. The Kier molecular flexibility index (Phi) is 3.57. The van der Waals surface area contributed by atoms with Gasteiger partial charge in [0.1, 0.15) is 0 Å². The molecule has 4 aliphatic carbocycles. The minimum atomic E-state index is -0.536. The second kappa shape index (κ2) is 5.33. The van der Waals surface area contributed by atoms with Crippen LogP contribution in [0.2, 0.25) is 0 Å². The van der Waals surface area contributed by atoms with E-state index in [0.29, 0.717) is 5.41 Å². The highest BCUT2D eigenvalue weighted by atomic mass is 16.6. The van der Waals surface area contributed by atoms with E-state index in [1.54, 1.807) is 5.57 Å². The first kappa shape index (κ1) is 16.8. The third-order valence-corrected chi connectivity index (χ3v) is 9.54. The maximum atomic E-state index is 10.1. The number of aliphatic hydroxyl groups excluding tert-OH is 2. The molecule has 0 amide bonds. The van der Waals surface area contributed by atoms with E-state index in [1.165, 1.54) is 32.1 Å². The smallest absolute Gasteiger partial charge is 0.155 e. The minimum absolute atomic E-state index is 0.0537. The average Bonchev–Trinajstić information content (AvgIpc) is 3.10. The fraction of sp³-hybridized carbons (Fsp3) is 0.909. The first-order chi connectivity index (χ1) is 11.9. The van der Waals surface area contributed by atoms with Crippen molar-refractivity contribution in [1.82, 2.24) is 0 Å². The molecule has 3 nitrogen and oxygen atoms in total. The van der Waals surface area contributed by atoms with E-state index in [2.05, 4.69) is 19.9 Å². The summed E-state index contributed by atoms with van der Waals surface area (Å²) in [6, 6.07) is 0. The summed E-state index contributed by atoms with van der Waals surface area (Å²) in [6.45, 7) is 4.97. The van der Waals surface area contributed by atoms with Crippen molar-refractivity contribution >= 4 is 0 Å². The molecule has 5 rings (SSSR count). The lowest BCUT2D eigenvalue weighted by atomic mass is 9.46. The molecule has 1 saturated heterocycles. The second-order valence-electron chi connectivity index (χ2n) is 10.2. The largest absolute Gasteiger partial charge is 0.389 e. The van der Waals surface area contributed by atoms with Crippen LogP contribution in [0.3, 0.4) is 0 Å². The van der Waals surface area contributed by atoms with Crippen molar-refractivity contribution in [2.75, 3.05) is 0 Å². The Labute approximate surface area is 151 Å². The first-order valence-electron chi connectivity index (χ1n) is 10.6. The molecule has 3 heteroatoms. The Morgan fingerprint density at radius 1 is 0.920 bits per heavy atom. The summed E-state index contributed by atoms with van der Waals surface area (Å²) in [6.07, 6.45) is 12.8. The van der Waals surface area contributed by atoms with Crippen LogP contribution in [-0.2, 0) is 4.74 Å². The molecule has 1 aliphatic heterocycles. The lowest BCUT2D eigenvalue weighted by molar-refractivity contribution is -0.195. The van der Waals surface area contributed by atoms with Gasteiger partial charge in [0.15, 0.2) is 6.29 Å². The third-order valence-electron chi connectivity index (χ3n) is 9.54. The van der Waals surface area contributed by atoms with E-state index in [1.807, 2.05) is 0 Å². The number of rotatable bonds is 0. The second-order valence-corrected chi connectivity index (χ2v) is 10.2. The molecule has 0 bridgehead atoms. The number of hydrogen-bond acceptors (Lipinski definition) is 3. The molecule has 1 spiro atoms. The highest BCUT2D eigenvalue weighted by Crippen LogP contribution is 2.69. The number of hydrogen-bond donors (Lipinski definition) is 2. The molecule has 0 radical (unpaired) electrons. The van der Waals surface area contributed by atoms with Gasteiger partial charge in [0.05, 0.1) is 11.7 Å². The summed E-state index contributed by atoms with van der Waals surface area (Å²) >= 11 is 0. The highest BCUT2D eigenvalue weighted by Gasteiger charge is 2.66. The predicted molar refractivity (Wildman–Crippen MR) is 96.8 cm³/mol. The van der Waals surface area contributed by atoms with E-state index in [4.69, 9.17) is 4.74 Å². The highest BCUT2D eigenvalue weighted by molar-refractivity contribution is 5.26. The van der Waals surface area contributed by atoms with Crippen molar-refractivity contribution in [1.29, 1.82) is 0 Å². The fourth-order valence-electron chi connectivity index (χ4n) is 8.14. The summed E-state index contributed by atoms with van der Waals surface area (Å²) in [5.41, 5.74) is 2.06. The number of allylic oxidation sites excluding steroid dienone is 1. The van der Waals surface area contributed by atoms with Gasteiger partial charge >= 0.3 is 0 Å². The van der Waals surface area contributed by atoms with Gasteiger partial charge in [-0.1, -0.05) is 25.5 Å². The van der Waals surface area contributed by atoms with Gasteiger partial charge in [0.2, 0.25) is 0 Å². The van der Waals surface area contributed by atoms with Crippen molar-refractivity contribution in [3.05, 3.63) is 11.6 Å². The molecule has 2 N–H and O–H groups in total.